The smallest absolute Gasteiger partial charge is 0.123 e. The highest BCUT2D eigenvalue weighted by Crippen LogP contribution is 2.25. The molecule has 2 nitrogen and oxygen atoms in total. The van der Waals surface area contributed by atoms with Crippen LogP contribution in [0.25, 0.3) is 0 Å². The molecular formula is C11H14BrClNO-. The molecule has 1 fully saturated rings. The minimum absolute atomic E-state index is 0. The third-order valence-corrected chi connectivity index (χ3v) is 2.89. The van der Waals surface area contributed by atoms with Crippen molar-refractivity contribution in [3.05, 3.63) is 28.2 Å². The first kappa shape index (κ1) is 12.8. The van der Waals surface area contributed by atoms with E-state index in [1.54, 1.807) is 7.11 Å². The zero-order valence-electron chi connectivity index (χ0n) is 8.59. The van der Waals surface area contributed by atoms with Gasteiger partial charge >= 0.3 is 0 Å². The van der Waals surface area contributed by atoms with Gasteiger partial charge in [0.05, 0.1) is 7.11 Å². The van der Waals surface area contributed by atoms with E-state index in [1.807, 2.05) is 12.1 Å². The van der Waals surface area contributed by atoms with Gasteiger partial charge < -0.3 is 22.5 Å². The molecule has 0 aliphatic heterocycles. The van der Waals surface area contributed by atoms with E-state index < -0.39 is 0 Å². The number of methoxy groups -OCH3 is 1. The van der Waals surface area contributed by atoms with Crippen molar-refractivity contribution >= 4 is 15.9 Å². The second-order valence-electron chi connectivity index (χ2n) is 3.61. The van der Waals surface area contributed by atoms with Crippen molar-refractivity contribution < 1.29 is 17.1 Å². The molecule has 1 saturated carbocycles. The van der Waals surface area contributed by atoms with Crippen LogP contribution >= 0.6 is 15.9 Å². The van der Waals surface area contributed by atoms with Gasteiger partial charge in [0, 0.05) is 22.6 Å². The summed E-state index contributed by atoms with van der Waals surface area (Å²) in [4.78, 5) is 0. The van der Waals surface area contributed by atoms with E-state index in [9.17, 15) is 0 Å². The molecule has 4 heteroatoms. The van der Waals surface area contributed by atoms with Gasteiger partial charge in [-0.15, -0.1) is 0 Å². The average molecular weight is 292 g/mol. The fraction of sp³-hybridized carbons (Fsp3) is 0.455. The topological polar surface area (TPSA) is 21.3 Å². The van der Waals surface area contributed by atoms with E-state index in [0.29, 0.717) is 0 Å². The van der Waals surface area contributed by atoms with E-state index in [4.69, 9.17) is 4.74 Å². The summed E-state index contributed by atoms with van der Waals surface area (Å²) in [5.74, 6) is 0.960. The lowest BCUT2D eigenvalue weighted by Crippen LogP contribution is -3.00. The van der Waals surface area contributed by atoms with Gasteiger partial charge in [0.25, 0.3) is 0 Å². The molecule has 0 saturated heterocycles. The summed E-state index contributed by atoms with van der Waals surface area (Å²) in [6, 6.07) is 6.83. The quantitative estimate of drug-likeness (QED) is 0.823. The number of hydrogen-bond donors (Lipinski definition) is 1. The Bertz CT molecular complexity index is 328. The van der Waals surface area contributed by atoms with Gasteiger partial charge in [0.15, 0.2) is 0 Å². The lowest BCUT2D eigenvalue weighted by atomic mass is 10.2. The molecule has 15 heavy (non-hydrogen) atoms. The van der Waals surface area contributed by atoms with E-state index in [-0.39, 0.29) is 12.4 Å². The molecule has 2 rings (SSSR count). The molecule has 0 spiro atoms. The van der Waals surface area contributed by atoms with Crippen LogP contribution in [-0.4, -0.2) is 13.2 Å². The number of hydrogen-bond acceptors (Lipinski definition) is 2. The van der Waals surface area contributed by atoms with Crippen LogP contribution in [0.5, 0.6) is 5.75 Å². The van der Waals surface area contributed by atoms with E-state index in [2.05, 4.69) is 27.3 Å². The minimum Gasteiger partial charge on any atom is -1.00 e. The van der Waals surface area contributed by atoms with Crippen molar-refractivity contribution in [1.82, 2.24) is 5.32 Å². The van der Waals surface area contributed by atoms with Crippen molar-refractivity contribution in [2.45, 2.75) is 25.4 Å². The third kappa shape index (κ3) is 3.67. The van der Waals surface area contributed by atoms with Crippen molar-refractivity contribution in [1.29, 1.82) is 0 Å². The first-order chi connectivity index (χ1) is 6.79. The maximum atomic E-state index is 5.29. The van der Waals surface area contributed by atoms with Crippen LogP contribution in [0.15, 0.2) is 22.7 Å². The van der Waals surface area contributed by atoms with Gasteiger partial charge in [-0.3, -0.25) is 0 Å². The second-order valence-corrected chi connectivity index (χ2v) is 4.53. The Hall–Kier alpha value is -0.250. The van der Waals surface area contributed by atoms with Crippen LogP contribution in [0.1, 0.15) is 18.4 Å². The van der Waals surface area contributed by atoms with Crippen molar-refractivity contribution in [2.24, 2.45) is 0 Å². The predicted molar refractivity (Wildman–Crippen MR) is 60.6 cm³/mol. The Kier molecular flexibility index (Phi) is 4.90. The van der Waals surface area contributed by atoms with Crippen molar-refractivity contribution in [3.8, 4) is 5.75 Å². The number of halogens is 2. The summed E-state index contributed by atoms with van der Waals surface area (Å²) in [5.41, 5.74) is 1.22. The molecule has 1 aromatic rings. The molecule has 0 aromatic heterocycles. The van der Waals surface area contributed by atoms with Crippen LogP contribution < -0.4 is 22.5 Å². The first-order valence-electron chi connectivity index (χ1n) is 4.85. The standard InChI is InChI=1S/C11H14BrNO.ClH/c1-14-11-5-2-9(12)6-8(11)7-13-10-3-4-10;/h2,5-6,10,13H,3-4,7H2,1H3;1H/p-1. The zero-order valence-corrected chi connectivity index (χ0v) is 10.9. The molecule has 0 bridgehead atoms. The second kappa shape index (κ2) is 5.73. The van der Waals surface area contributed by atoms with Crippen LogP contribution in [0.2, 0.25) is 0 Å². The summed E-state index contributed by atoms with van der Waals surface area (Å²) < 4.78 is 6.39. The highest BCUT2D eigenvalue weighted by molar-refractivity contribution is 9.10. The molecule has 84 valence electrons. The Morgan fingerprint density at radius 1 is 1.47 bits per heavy atom. The summed E-state index contributed by atoms with van der Waals surface area (Å²) in [7, 11) is 1.71. The van der Waals surface area contributed by atoms with Crippen LogP contribution in [-0.2, 0) is 6.54 Å². The maximum Gasteiger partial charge on any atom is 0.123 e. The number of nitrogens with one attached hydrogen (secondary N) is 1. The van der Waals surface area contributed by atoms with Gasteiger partial charge in [0.1, 0.15) is 5.75 Å². The summed E-state index contributed by atoms with van der Waals surface area (Å²) in [5, 5.41) is 3.47. The van der Waals surface area contributed by atoms with Crippen molar-refractivity contribution in [3.63, 3.8) is 0 Å². The molecule has 1 aromatic carbocycles. The van der Waals surface area contributed by atoms with Gasteiger partial charge in [-0.05, 0) is 31.0 Å². The fourth-order valence-electron chi connectivity index (χ4n) is 1.43. The Labute approximate surface area is 105 Å². The third-order valence-electron chi connectivity index (χ3n) is 2.40. The molecule has 1 N–H and O–H groups in total. The Balaban J connectivity index is 0.00000112. The maximum absolute atomic E-state index is 5.29. The average Bonchev–Trinajstić information content (AvgIpc) is 2.98. The Morgan fingerprint density at radius 3 is 2.80 bits per heavy atom. The SMILES string of the molecule is COc1ccc(Br)cc1CNC1CC1.[Cl-]. The first-order valence-corrected chi connectivity index (χ1v) is 5.64. The van der Waals surface area contributed by atoms with Gasteiger partial charge in [-0.25, -0.2) is 0 Å². The summed E-state index contributed by atoms with van der Waals surface area (Å²) >= 11 is 3.46. The van der Waals surface area contributed by atoms with E-state index in [0.717, 1.165) is 22.8 Å². The molecule has 0 radical (unpaired) electrons. The molecular weight excluding hydrogens is 277 g/mol. The number of rotatable bonds is 4. The summed E-state index contributed by atoms with van der Waals surface area (Å²) in [6.07, 6.45) is 2.63. The van der Waals surface area contributed by atoms with E-state index in [1.165, 1.54) is 18.4 Å². The molecule has 0 unspecified atom stereocenters. The monoisotopic (exact) mass is 290 g/mol. The molecule has 0 amide bonds. The van der Waals surface area contributed by atoms with Gasteiger partial charge in [0.2, 0.25) is 0 Å². The van der Waals surface area contributed by atoms with Gasteiger partial charge in [-0.1, -0.05) is 15.9 Å². The predicted octanol–water partition coefficient (Wildman–Crippen LogP) is -0.286. The lowest BCUT2D eigenvalue weighted by Gasteiger charge is -2.09. The molecule has 1 aliphatic rings. The van der Waals surface area contributed by atoms with E-state index >= 15 is 0 Å². The highest BCUT2D eigenvalue weighted by atomic mass is 79.9. The molecule has 0 heterocycles. The molecule has 1 aliphatic carbocycles. The zero-order chi connectivity index (χ0) is 9.97. The fourth-order valence-corrected chi connectivity index (χ4v) is 1.84. The number of ether oxygens (including phenoxy) is 1. The molecule has 0 atom stereocenters. The Morgan fingerprint density at radius 2 is 2.20 bits per heavy atom. The van der Waals surface area contributed by atoms with Crippen LogP contribution in [0.3, 0.4) is 0 Å². The van der Waals surface area contributed by atoms with Gasteiger partial charge in [-0.2, -0.15) is 0 Å². The van der Waals surface area contributed by atoms with Crippen LogP contribution in [0, 0.1) is 0 Å². The minimum atomic E-state index is 0. The van der Waals surface area contributed by atoms with Crippen molar-refractivity contribution in [2.75, 3.05) is 7.11 Å². The lowest BCUT2D eigenvalue weighted by molar-refractivity contribution is -0.00000310. The number of benzene rings is 1. The largest absolute Gasteiger partial charge is 1.00 e. The highest BCUT2D eigenvalue weighted by Gasteiger charge is 2.20. The van der Waals surface area contributed by atoms with Crippen LogP contribution in [0.4, 0.5) is 0 Å². The summed E-state index contributed by atoms with van der Waals surface area (Å²) in [6.45, 7) is 0.896. The normalized spacial score (nSPS) is 14.5.